The number of unbranched alkanes of at least 4 members (excludes halogenated alkanes) is 2. The Balaban J connectivity index is 2.34. The second-order valence-corrected chi connectivity index (χ2v) is 8.62. The maximum absolute atomic E-state index is 5.68. The lowest BCUT2D eigenvalue weighted by molar-refractivity contribution is 0.355. The highest BCUT2D eigenvalue weighted by atomic mass is 16.5. The molecule has 0 aliphatic carbocycles. The van der Waals surface area contributed by atoms with Crippen molar-refractivity contribution < 1.29 is 18.9 Å². The number of methoxy groups -OCH3 is 4. The van der Waals surface area contributed by atoms with Crippen LogP contribution in [0.4, 0.5) is 0 Å². The maximum atomic E-state index is 5.68. The summed E-state index contributed by atoms with van der Waals surface area (Å²) < 4.78 is 22.6. The highest BCUT2D eigenvalue weighted by Crippen LogP contribution is 2.44. The Kier molecular flexibility index (Phi) is 8.11. The monoisotopic (exact) mass is 438 g/mol. The summed E-state index contributed by atoms with van der Waals surface area (Å²) in [6.45, 7) is 6.88. The van der Waals surface area contributed by atoms with Crippen molar-refractivity contribution in [2.75, 3.05) is 28.4 Å². The van der Waals surface area contributed by atoms with Gasteiger partial charge in [0.25, 0.3) is 0 Å². The lowest BCUT2D eigenvalue weighted by Crippen LogP contribution is -2.06. The van der Waals surface area contributed by atoms with E-state index in [1.54, 1.807) is 28.4 Å². The van der Waals surface area contributed by atoms with Crippen molar-refractivity contribution >= 4 is 21.5 Å². The van der Waals surface area contributed by atoms with Gasteiger partial charge in [-0.1, -0.05) is 46.5 Å². The minimum Gasteiger partial charge on any atom is -0.493 e. The first-order chi connectivity index (χ1) is 15.5. The largest absolute Gasteiger partial charge is 0.493 e. The molecular weight excluding hydrogens is 400 g/mol. The van der Waals surface area contributed by atoms with Crippen LogP contribution < -0.4 is 18.9 Å². The number of fused-ring (bicyclic) bond motifs is 3. The zero-order valence-corrected chi connectivity index (χ0v) is 20.8. The van der Waals surface area contributed by atoms with E-state index in [0.717, 1.165) is 46.6 Å². The van der Waals surface area contributed by atoms with Gasteiger partial charge in [-0.25, -0.2) is 0 Å². The van der Waals surface area contributed by atoms with Gasteiger partial charge in [-0.3, -0.25) is 0 Å². The molecule has 32 heavy (non-hydrogen) atoms. The fourth-order valence-electron chi connectivity index (χ4n) is 4.86. The van der Waals surface area contributed by atoms with E-state index in [1.165, 1.54) is 47.6 Å². The van der Waals surface area contributed by atoms with Gasteiger partial charge in [0.05, 0.1) is 28.4 Å². The number of benzene rings is 3. The zero-order valence-electron chi connectivity index (χ0n) is 20.8. The van der Waals surface area contributed by atoms with Crippen LogP contribution in [0.15, 0.2) is 24.3 Å². The summed E-state index contributed by atoms with van der Waals surface area (Å²) in [5, 5.41) is 4.77. The van der Waals surface area contributed by atoms with E-state index in [4.69, 9.17) is 18.9 Å². The summed E-state index contributed by atoms with van der Waals surface area (Å²) in [5.74, 6) is 3.61. The van der Waals surface area contributed by atoms with Gasteiger partial charge in [0.2, 0.25) is 0 Å². The van der Waals surface area contributed by atoms with Crippen LogP contribution in [0.3, 0.4) is 0 Å². The van der Waals surface area contributed by atoms with Gasteiger partial charge >= 0.3 is 0 Å². The van der Waals surface area contributed by atoms with E-state index in [0.29, 0.717) is 5.92 Å². The predicted molar refractivity (Wildman–Crippen MR) is 134 cm³/mol. The van der Waals surface area contributed by atoms with E-state index in [9.17, 15) is 0 Å². The summed E-state index contributed by atoms with van der Waals surface area (Å²) in [5.41, 5.74) is 2.79. The molecule has 0 fully saturated rings. The summed E-state index contributed by atoms with van der Waals surface area (Å²) in [6.07, 6.45) is 7.08. The first kappa shape index (κ1) is 24.0. The van der Waals surface area contributed by atoms with Crippen molar-refractivity contribution in [3.63, 3.8) is 0 Å². The van der Waals surface area contributed by atoms with Crippen LogP contribution >= 0.6 is 0 Å². The van der Waals surface area contributed by atoms with Crippen molar-refractivity contribution in [3.05, 3.63) is 35.4 Å². The minimum atomic E-state index is 0.612. The van der Waals surface area contributed by atoms with E-state index >= 15 is 0 Å². The van der Waals surface area contributed by atoms with Gasteiger partial charge in [-0.2, -0.15) is 0 Å². The van der Waals surface area contributed by atoms with Crippen LogP contribution in [0.2, 0.25) is 0 Å². The van der Waals surface area contributed by atoms with Crippen molar-refractivity contribution in [1.29, 1.82) is 0 Å². The van der Waals surface area contributed by atoms with Crippen LogP contribution in [0.1, 0.15) is 57.6 Å². The van der Waals surface area contributed by atoms with E-state index in [-0.39, 0.29) is 0 Å². The quantitative estimate of drug-likeness (QED) is 0.232. The fourth-order valence-corrected chi connectivity index (χ4v) is 4.86. The number of hydrogen-bond acceptors (Lipinski definition) is 4. The Morgan fingerprint density at radius 3 is 1.47 bits per heavy atom. The Morgan fingerprint density at radius 2 is 1.06 bits per heavy atom. The normalized spacial score (nSPS) is 12.2. The van der Waals surface area contributed by atoms with Crippen LogP contribution in [0.25, 0.3) is 21.5 Å². The molecule has 0 radical (unpaired) electrons. The topological polar surface area (TPSA) is 36.9 Å². The molecule has 0 heterocycles. The van der Waals surface area contributed by atoms with Gasteiger partial charge in [-0.15, -0.1) is 0 Å². The van der Waals surface area contributed by atoms with Gasteiger partial charge in [0.15, 0.2) is 23.0 Å². The molecule has 1 unspecified atom stereocenters. The lowest BCUT2D eigenvalue weighted by atomic mass is 9.84. The smallest absolute Gasteiger partial charge is 0.161 e. The molecule has 4 nitrogen and oxygen atoms in total. The molecule has 3 aromatic rings. The van der Waals surface area contributed by atoms with Crippen molar-refractivity contribution in [3.8, 4) is 23.0 Å². The number of ether oxygens (including phenoxy) is 4. The molecule has 0 aromatic heterocycles. The molecule has 0 bridgehead atoms. The number of rotatable bonds is 11. The molecule has 0 saturated carbocycles. The van der Waals surface area contributed by atoms with E-state index in [1.807, 2.05) is 0 Å². The highest BCUT2D eigenvalue weighted by molar-refractivity contribution is 6.12. The van der Waals surface area contributed by atoms with Crippen molar-refractivity contribution in [1.82, 2.24) is 0 Å². The molecule has 0 aliphatic heterocycles. The zero-order chi connectivity index (χ0) is 23.3. The molecule has 0 saturated heterocycles. The van der Waals surface area contributed by atoms with E-state index < -0.39 is 0 Å². The summed E-state index contributed by atoms with van der Waals surface area (Å²) in [6, 6.07) is 8.48. The Hall–Kier alpha value is -2.62. The Bertz CT molecular complexity index is 1070. The molecule has 4 heteroatoms. The van der Waals surface area contributed by atoms with Gasteiger partial charge < -0.3 is 18.9 Å². The second-order valence-electron chi connectivity index (χ2n) is 8.62. The average molecular weight is 439 g/mol. The van der Waals surface area contributed by atoms with Crippen LogP contribution in [0, 0.1) is 5.92 Å². The van der Waals surface area contributed by atoms with Gasteiger partial charge in [-0.05, 0) is 75.7 Å². The van der Waals surface area contributed by atoms with Crippen LogP contribution in [-0.2, 0) is 12.8 Å². The number of hydrogen-bond donors (Lipinski definition) is 0. The molecule has 0 amide bonds. The summed E-state index contributed by atoms with van der Waals surface area (Å²) in [4.78, 5) is 0. The Morgan fingerprint density at radius 1 is 0.625 bits per heavy atom. The molecule has 3 rings (SSSR count). The van der Waals surface area contributed by atoms with Crippen molar-refractivity contribution in [2.24, 2.45) is 5.92 Å². The first-order valence-corrected chi connectivity index (χ1v) is 11.8. The predicted octanol–water partition coefficient (Wildman–Crippen LogP) is 7.35. The third-order valence-corrected chi connectivity index (χ3v) is 6.56. The van der Waals surface area contributed by atoms with Crippen LogP contribution in [0.5, 0.6) is 23.0 Å². The maximum Gasteiger partial charge on any atom is 0.161 e. The lowest BCUT2D eigenvalue weighted by Gasteiger charge is -2.22. The second kappa shape index (κ2) is 10.8. The summed E-state index contributed by atoms with van der Waals surface area (Å²) >= 11 is 0. The first-order valence-electron chi connectivity index (χ1n) is 11.8. The molecule has 0 spiro atoms. The fraction of sp³-hybridized carbons (Fsp3) is 0.500. The highest BCUT2D eigenvalue weighted by Gasteiger charge is 2.20. The van der Waals surface area contributed by atoms with Crippen molar-refractivity contribution in [2.45, 2.75) is 59.3 Å². The average Bonchev–Trinajstić information content (AvgIpc) is 2.82. The molecule has 0 N–H and O–H groups in total. The molecule has 0 aliphatic rings. The standard InChI is InChI=1S/C28H38O4/c1-8-10-11-12-18(3)13-20-19(9-2)21-14-25(29-4)27(31-6)16-23(21)24-17-28(32-7)26(30-5)15-22(20)24/h14-18H,8-13H2,1-7H3. The Labute approximate surface area is 192 Å². The minimum absolute atomic E-state index is 0.612. The van der Waals surface area contributed by atoms with Crippen LogP contribution in [-0.4, -0.2) is 28.4 Å². The molecular formula is C28H38O4. The third kappa shape index (κ3) is 4.60. The molecule has 174 valence electrons. The number of aryl methyl sites for hydroxylation is 1. The molecule has 1 atom stereocenters. The summed E-state index contributed by atoms with van der Waals surface area (Å²) in [7, 11) is 6.77. The van der Waals surface area contributed by atoms with Gasteiger partial charge in [0, 0.05) is 0 Å². The molecule has 3 aromatic carbocycles. The third-order valence-electron chi connectivity index (χ3n) is 6.56. The SMILES string of the molecule is CCCCCC(C)Cc1c(CC)c2cc(OC)c(OC)cc2c2cc(OC)c(OC)cc12. The van der Waals surface area contributed by atoms with E-state index in [2.05, 4.69) is 45.0 Å². The van der Waals surface area contributed by atoms with Gasteiger partial charge in [0.1, 0.15) is 0 Å².